The Morgan fingerprint density at radius 2 is 1.93 bits per heavy atom. The van der Waals surface area contributed by atoms with E-state index in [4.69, 9.17) is 0 Å². The molecule has 0 aliphatic rings. The number of hydrogen-bond acceptors (Lipinski definition) is 8. The van der Waals surface area contributed by atoms with Gasteiger partial charge >= 0.3 is 5.92 Å². The summed E-state index contributed by atoms with van der Waals surface area (Å²) < 4.78 is 27.4. The van der Waals surface area contributed by atoms with Crippen LogP contribution < -0.4 is 10.6 Å². The van der Waals surface area contributed by atoms with E-state index >= 15 is 0 Å². The van der Waals surface area contributed by atoms with Gasteiger partial charge in [-0.3, -0.25) is 9.59 Å². The van der Waals surface area contributed by atoms with Gasteiger partial charge in [0.1, 0.15) is 16.6 Å². The molecule has 3 aromatic rings. The van der Waals surface area contributed by atoms with Gasteiger partial charge in [-0.15, -0.1) is 11.3 Å². The third-order valence-electron chi connectivity index (χ3n) is 3.59. The SMILES string of the molecule is CC(=O)Nc1cc(Nc2cc(C)nc(C(C)(F)F)n2)c(-c2ncc(C=O)s2)cn1. The summed E-state index contributed by atoms with van der Waals surface area (Å²) in [5, 5.41) is 6.01. The molecule has 0 aliphatic heterocycles. The zero-order valence-electron chi connectivity index (χ0n) is 15.7. The van der Waals surface area contributed by atoms with E-state index in [-0.39, 0.29) is 17.5 Å². The second-order valence-corrected chi connectivity index (χ2v) is 7.28. The molecular weight excluding hydrogens is 402 g/mol. The lowest BCUT2D eigenvalue weighted by Crippen LogP contribution is -2.14. The van der Waals surface area contributed by atoms with Crippen LogP contribution in [0.2, 0.25) is 0 Å². The molecule has 0 aliphatic carbocycles. The fraction of sp³-hybridized carbons (Fsp3) is 0.222. The van der Waals surface area contributed by atoms with Crippen molar-refractivity contribution in [3.05, 3.63) is 40.9 Å². The lowest BCUT2D eigenvalue weighted by molar-refractivity contribution is -0.114. The molecule has 3 rings (SSSR count). The fourth-order valence-electron chi connectivity index (χ4n) is 2.41. The predicted molar refractivity (Wildman–Crippen MR) is 105 cm³/mol. The standard InChI is InChI=1S/C18H16F2N6O2S/c1-9-4-15(26-17(23-9)18(3,19)20)25-13-5-14(24-10(2)28)21-7-12(13)16-22-6-11(8-27)29-16/h4-8H,1-3H3,(H2,21,23,24,25,26,28). The van der Waals surface area contributed by atoms with Crippen LogP contribution in [0.25, 0.3) is 10.6 Å². The van der Waals surface area contributed by atoms with Gasteiger partial charge in [0.25, 0.3) is 0 Å². The van der Waals surface area contributed by atoms with Crippen molar-refractivity contribution in [3.63, 3.8) is 0 Å². The number of alkyl halides is 2. The maximum absolute atomic E-state index is 13.7. The summed E-state index contributed by atoms with van der Waals surface area (Å²) in [6.07, 6.45) is 3.56. The lowest BCUT2D eigenvalue weighted by atomic mass is 10.2. The Morgan fingerprint density at radius 3 is 2.55 bits per heavy atom. The minimum absolute atomic E-state index is 0.141. The number of aromatic nitrogens is 4. The van der Waals surface area contributed by atoms with Crippen molar-refractivity contribution >= 4 is 40.9 Å². The van der Waals surface area contributed by atoms with E-state index in [0.29, 0.717) is 33.1 Å². The monoisotopic (exact) mass is 418 g/mol. The second-order valence-electron chi connectivity index (χ2n) is 6.21. The lowest BCUT2D eigenvalue weighted by Gasteiger charge is -2.15. The summed E-state index contributed by atoms with van der Waals surface area (Å²) in [4.78, 5) is 38.8. The second kappa shape index (κ2) is 7.95. The van der Waals surface area contributed by atoms with Crippen molar-refractivity contribution < 1.29 is 18.4 Å². The maximum Gasteiger partial charge on any atom is 0.303 e. The molecule has 2 N–H and O–H groups in total. The molecule has 0 fully saturated rings. The first-order valence-corrected chi connectivity index (χ1v) is 9.17. The number of carbonyl (C=O) groups is 2. The zero-order valence-corrected chi connectivity index (χ0v) is 16.5. The van der Waals surface area contributed by atoms with Gasteiger partial charge < -0.3 is 10.6 Å². The molecule has 0 aromatic carbocycles. The highest BCUT2D eigenvalue weighted by molar-refractivity contribution is 7.16. The maximum atomic E-state index is 13.7. The van der Waals surface area contributed by atoms with Crippen LogP contribution in [0.4, 0.5) is 26.1 Å². The Hall–Kier alpha value is -3.34. The molecule has 0 atom stereocenters. The Bertz CT molecular complexity index is 1080. The van der Waals surface area contributed by atoms with Crippen LogP contribution in [0, 0.1) is 6.92 Å². The Balaban J connectivity index is 2.07. The third-order valence-corrected chi connectivity index (χ3v) is 4.54. The van der Waals surface area contributed by atoms with Crippen LogP contribution in [-0.2, 0) is 10.7 Å². The van der Waals surface area contributed by atoms with Gasteiger partial charge in [0, 0.05) is 44.1 Å². The van der Waals surface area contributed by atoms with Gasteiger partial charge in [-0.2, -0.15) is 8.78 Å². The number of anilines is 3. The van der Waals surface area contributed by atoms with Gasteiger partial charge in [-0.05, 0) is 6.92 Å². The van der Waals surface area contributed by atoms with Crippen molar-refractivity contribution in [2.75, 3.05) is 10.6 Å². The van der Waals surface area contributed by atoms with Crippen molar-refractivity contribution in [3.8, 4) is 10.6 Å². The number of amides is 1. The van der Waals surface area contributed by atoms with Crippen LogP contribution in [0.3, 0.4) is 0 Å². The molecule has 0 spiro atoms. The Kier molecular flexibility index (Phi) is 5.59. The molecule has 0 bridgehead atoms. The van der Waals surface area contributed by atoms with Crippen molar-refractivity contribution in [2.24, 2.45) is 0 Å². The highest BCUT2D eigenvalue weighted by Crippen LogP contribution is 2.34. The summed E-state index contributed by atoms with van der Waals surface area (Å²) in [6, 6.07) is 3.04. The van der Waals surface area contributed by atoms with Crippen LogP contribution in [-0.4, -0.2) is 32.1 Å². The van der Waals surface area contributed by atoms with Crippen LogP contribution in [0.15, 0.2) is 24.5 Å². The first-order valence-electron chi connectivity index (χ1n) is 8.35. The molecule has 11 heteroatoms. The van der Waals surface area contributed by atoms with Crippen molar-refractivity contribution in [1.29, 1.82) is 0 Å². The highest BCUT2D eigenvalue weighted by Gasteiger charge is 2.29. The van der Waals surface area contributed by atoms with E-state index in [1.165, 1.54) is 31.5 Å². The first kappa shape index (κ1) is 20.4. The molecule has 29 heavy (non-hydrogen) atoms. The molecule has 150 valence electrons. The van der Waals surface area contributed by atoms with Gasteiger partial charge in [0.2, 0.25) is 11.7 Å². The Labute approximate surface area is 168 Å². The quantitative estimate of drug-likeness (QED) is 0.584. The smallest absolute Gasteiger partial charge is 0.303 e. The molecule has 1 amide bonds. The van der Waals surface area contributed by atoms with Crippen LogP contribution >= 0.6 is 11.3 Å². The molecule has 0 unspecified atom stereocenters. The molecule has 8 nitrogen and oxygen atoms in total. The fourth-order valence-corrected chi connectivity index (χ4v) is 3.17. The number of carbonyl (C=O) groups excluding carboxylic acids is 2. The van der Waals surface area contributed by atoms with E-state index in [0.717, 1.165) is 18.3 Å². The normalized spacial score (nSPS) is 11.2. The number of rotatable bonds is 6. The van der Waals surface area contributed by atoms with Gasteiger partial charge in [0.15, 0.2) is 6.29 Å². The van der Waals surface area contributed by atoms with Crippen LogP contribution in [0.5, 0.6) is 0 Å². The number of nitrogens with zero attached hydrogens (tertiary/aromatic N) is 4. The number of pyridine rings is 1. The summed E-state index contributed by atoms with van der Waals surface area (Å²) in [6.45, 7) is 3.63. The third kappa shape index (κ3) is 4.93. The Morgan fingerprint density at radius 1 is 1.17 bits per heavy atom. The van der Waals surface area contributed by atoms with E-state index in [2.05, 4.69) is 30.6 Å². The summed E-state index contributed by atoms with van der Waals surface area (Å²) in [5.41, 5.74) is 1.28. The average Bonchev–Trinajstić information content (AvgIpc) is 3.09. The first-order chi connectivity index (χ1) is 13.7. The number of nitrogens with one attached hydrogen (secondary N) is 2. The molecule has 0 radical (unpaired) electrons. The van der Waals surface area contributed by atoms with Crippen molar-refractivity contribution in [2.45, 2.75) is 26.7 Å². The minimum atomic E-state index is -3.21. The largest absolute Gasteiger partial charge is 0.339 e. The molecule has 3 heterocycles. The van der Waals surface area contributed by atoms with Gasteiger partial charge in [-0.25, -0.2) is 19.9 Å². The molecule has 3 aromatic heterocycles. The number of aryl methyl sites for hydroxylation is 1. The van der Waals surface area contributed by atoms with Gasteiger partial charge in [0.05, 0.1) is 16.1 Å². The van der Waals surface area contributed by atoms with Crippen molar-refractivity contribution in [1.82, 2.24) is 19.9 Å². The van der Waals surface area contributed by atoms with E-state index < -0.39 is 11.7 Å². The number of hydrogen-bond donors (Lipinski definition) is 2. The topological polar surface area (TPSA) is 110 Å². The van der Waals surface area contributed by atoms with Gasteiger partial charge in [-0.1, -0.05) is 0 Å². The predicted octanol–water partition coefficient (Wildman–Crippen LogP) is 3.93. The molecule has 0 saturated carbocycles. The minimum Gasteiger partial charge on any atom is -0.339 e. The molecule has 0 saturated heterocycles. The summed E-state index contributed by atoms with van der Waals surface area (Å²) in [5.74, 6) is -3.75. The summed E-state index contributed by atoms with van der Waals surface area (Å²) >= 11 is 1.14. The van der Waals surface area contributed by atoms with E-state index in [9.17, 15) is 18.4 Å². The molecular formula is C18H16F2N6O2S. The highest BCUT2D eigenvalue weighted by atomic mass is 32.1. The number of aldehydes is 1. The van der Waals surface area contributed by atoms with Crippen LogP contribution in [0.1, 0.15) is 35.0 Å². The summed E-state index contributed by atoms with van der Waals surface area (Å²) in [7, 11) is 0. The average molecular weight is 418 g/mol. The zero-order chi connectivity index (χ0) is 21.2. The van der Waals surface area contributed by atoms with E-state index in [1.54, 1.807) is 6.92 Å². The number of thiazole rings is 1. The van der Waals surface area contributed by atoms with E-state index in [1.807, 2.05) is 0 Å². The number of halogens is 2.